The molecule has 0 saturated carbocycles. The largest absolute Gasteiger partial charge is 0.392 e. The van der Waals surface area contributed by atoms with Crippen LogP contribution in [0.15, 0.2) is 0 Å². The predicted molar refractivity (Wildman–Crippen MR) is 62.7 cm³/mol. The van der Waals surface area contributed by atoms with Crippen LogP contribution in [0.3, 0.4) is 0 Å². The second-order valence-electron chi connectivity index (χ2n) is 4.06. The van der Waals surface area contributed by atoms with Crippen molar-refractivity contribution in [3.05, 3.63) is 0 Å². The topological polar surface area (TPSA) is 66.4 Å². The van der Waals surface area contributed by atoms with Crippen LogP contribution in [0.5, 0.6) is 0 Å². The Hall–Kier alpha value is -0.130. The van der Waals surface area contributed by atoms with Crippen molar-refractivity contribution in [2.45, 2.75) is 45.0 Å². The molecule has 0 aliphatic heterocycles. The maximum atomic E-state index is 11.4. The lowest BCUT2D eigenvalue weighted by molar-refractivity contribution is 0.161. The molecule has 1 unspecified atom stereocenters. The van der Waals surface area contributed by atoms with Gasteiger partial charge in [-0.3, -0.25) is 0 Å². The van der Waals surface area contributed by atoms with Crippen molar-refractivity contribution in [1.82, 2.24) is 5.32 Å². The summed E-state index contributed by atoms with van der Waals surface area (Å²) in [5, 5.41) is 12.0. The van der Waals surface area contributed by atoms with E-state index in [1.54, 1.807) is 13.8 Å². The number of aliphatic hydroxyl groups is 1. The number of nitrogens with one attached hydrogen (secondary N) is 1. The fourth-order valence-electron chi connectivity index (χ4n) is 1.15. The van der Waals surface area contributed by atoms with Crippen LogP contribution < -0.4 is 5.32 Å². The summed E-state index contributed by atoms with van der Waals surface area (Å²) in [5.41, 5.74) is 0. The first-order valence-electron chi connectivity index (χ1n) is 5.50. The number of rotatable bonds is 8. The van der Waals surface area contributed by atoms with Crippen molar-refractivity contribution < 1.29 is 13.5 Å². The van der Waals surface area contributed by atoms with Gasteiger partial charge in [0.2, 0.25) is 0 Å². The van der Waals surface area contributed by atoms with Crippen molar-refractivity contribution in [2.75, 3.05) is 18.8 Å². The van der Waals surface area contributed by atoms with Crippen LogP contribution in [0, 0.1) is 0 Å². The van der Waals surface area contributed by atoms with Gasteiger partial charge in [-0.25, -0.2) is 8.42 Å². The summed E-state index contributed by atoms with van der Waals surface area (Å²) in [6, 6.07) is 0. The van der Waals surface area contributed by atoms with Gasteiger partial charge in [0.25, 0.3) is 0 Å². The monoisotopic (exact) mass is 237 g/mol. The molecule has 1 atom stereocenters. The minimum atomic E-state index is -2.95. The van der Waals surface area contributed by atoms with E-state index in [9.17, 15) is 13.5 Å². The lowest BCUT2D eigenvalue weighted by Crippen LogP contribution is -2.32. The van der Waals surface area contributed by atoms with E-state index in [0.717, 1.165) is 12.8 Å². The highest BCUT2D eigenvalue weighted by atomic mass is 32.2. The zero-order chi connectivity index (χ0) is 11.9. The standard InChI is InChI=1S/C10H23NO3S/c1-4-5-10(12)8-11-6-7-15(13,14)9(2)3/h9-12H,4-8H2,1-3H3. The normalized spacial score (nSPS) is 14.5. The Labute approximate surface area is 93.0 Å². The molecule has 0 bridgehead atoms. The van der Waals surface area contributed by atoms with Gasteiger partial charge in [0.05, 0.1) is 17.1 Å². The van der Waals surface area contributed by atoms with Crippen molar-refractivity contribution in [1.29, 1.82) is 0 Å². The lowest BCUT2D eigenvalue weighted by atomic mass is 10.2. The SMILES string of the molecule is CCCC(O)CNCCS(=O)(=O)C(C)C. The molecule has 0 fully saturated rings. The molecule has 2 N–H and O–H groups in total. The summed E-state index contributed by atoms with van der Waals surface area (Å²) >= 11 is 0. The molecule has 92 valence electrons. The molecule has 0 rings (SSSR count). The van der Waals surface area contributed by atoms with Crippen LogP contribution >= 0.6 is 0 Å². The van der Waals surface area contributed by atoms with Gasteiger partial charge in [-0.1, -0.05) is 13.3 Å². The summed E-state index contributed by atoms with van der Waals surface area (Å²) in [5.74, 6) is 0.142. The second-order valence-corrected chi connectivity index (χ2v) is 6.74. The first-order chi connectivity index (χ1) is 6.90. The third-order valence-electron chi connectivity index (χ3n) is 2.28. The van der Waals surface area contributed by atoms with Crippen LogP contribution in [-0.2, 0) is 9.84 Å². The predicted octanol–water partition coefficient (Wildman–Crippen LogP) is 0.560. The van der Waals surface area contributed by atoms with Crippen LogP contribution in [0.4, 0.5) is 0 Å². The van der Waals surface area contributed by atoms with Gasteiger partial charge in [-0.15, -0.1) is 0 Å². The highest BCUT2D eigenvalue weighted by molar-refractivity contribution is 7.92. The Morgan fingerprint density at radius 3 is 2.40 bits per heavy atom. The highest BCUT2D eigenvalue weighted by Gasteiger charge is 2.15. The molecule has 0 aromatic carbocycles. The first-order valence-corrected chi connectivity index (χ1v) is 7.22. The Bertz CT molecular complexity index is 249. The van der Waals surface area contributed by atoms with E-state index in [4.69, 9.17) is 0 Å². The van der Waals surface area contributed by atoms with Gasteiger partial charge in [0, 0.05) is 13.1 Å². The molecule has 0 aromatic rings. The van der Waals surface area contributed by atoms with E-state index in [1.807, 2.05) is 6.92 Å². The second kappa shape index (κ2) is 7.19. The van der Waals surface area contributed by atoms with E-state index in [-0.39, 0.29) is 17.1 Å². The third kappa shape index (κ3) is 6.87. The molecule has 0 spiro atoms. The molecule has 0 amide bonds. The quantitative estimate of drug-likeness (QED) is 0.605. The molecular formula is C10H23NO3S. The molecule has 0 heterocycles. The minimum Gasteiger partial charge on any atom is -0.392 e. The Morgan fingerprint density at radius 1 is 1.33 bits per heavy atom. The van der Waals surface area contributed by atoms with Crippen molar-refractivity contribution in [3.63, 3.8) is 0 Å². The van der Waals surface area contributed by atoms with Gasteiger partial charge in [0.15, 0.2) is 9.84 Å². The van der Waals surface area contributed by atoms with Crippen LogP contribution in [-0.4, -0.2) is 43.7 Å². The lowest BCUT2D eigenvalue weighted by Gasteiger charge is -2.11. The molecule has 4 nitrogen and oxygen atoms in total. The summed E-state index contributed by atoms with van der Waals surface area (Å²) in [6.45, 7) is 6.26. The average Bonchev–Trinajstić information content (AvgIpc) is 2.13. The van der Waals surface area contributed by atoms with Crippen molar-refractivity contribution in [2.24, 2.45) is 0 Å². The van der Waals surface area contributed by atoms with Gasteiger partial charge >= 0.3 is 0 Å². The molecule has 0 aromatic heterocycles. The van der Waals surface area contributed by atoms with Crippen molar-refractivity contribution in [3.8, 4) is 0 Å². The van der Waals surface area contributed by atoms with E-state index in [1.165, 1.54) is 0 Å². The van der Waals surface area contributed by atoms with Crippen LogP contribution in [0.25, 0.3) is 0 Å². The summed E-state index contributed by atoms with van der Waals surface area (Å²) in [6.07, 6.45) is 1.33. The van der Waals surface area contributed by atoms with Gasteiger partial charge < -0.3 is 10.4 Å². The van der Waals surface area contributed by atoms with E-state index >= 15 is 0 Å². The molecular weight excluding hydrogens is 214 g/mol. The summed E-state index contributed by atoms with van der Waals surface area (Å²) < 4.78 is 22.8. The molecule has 0 radical (unpaired) electrons. The molecule has 5 heteroatoms. The maximum absolute atomic E-state index is 11.4. The van der Waals surface area contributed by atoms with E-state index < -0.39 is 9.84 Å². The number of hydrogen-bond acceptors (Lipinski definition) is 4. The third-order valence-corrected chi connectivity index (χ3v) is 4.49. The highest BCUT2D eigenvalue weighted by Crippen LogP contribution is 1.99. The van der Waals surface area contributed by atoms with Gasteiger partial charge in [-0.2, -0.15) is 0 Å². The molecule has 15 heavy (non-hydrogen) atoms. The maximum Gasteiger partial charge on any atom is 0.153 e. The van der Waals surface area contributed by atoms with Crippen LogP contribution in [0.1, 0.15) is 33.6 Å². The molecule has 0 aliphatic rings. The molecule has 0 aliphatic carbocycles. The Kier molecular flexibility index (Phi) is 7.13. The van der Waals surface area contributed by atoms with E-state index in [2.05, 4.69) is 5.32 Å². The fourth-order valence-corrected chi connectivity index (χ4v) is 2.05. The Balaban J connectivity index is 3.63. The van der Waals surface area contributed by atoms with Gasteiger partial charge in [-0.05, 0) is 20.3 Å². The average molecular weight is 237 g/mol. The van der Waals surface area contributed by atoms with Gasteiger partial charge in [0.1, 0.15) is 0 Å². The van der Waals surface area contributed by atoms with Crippen LogP contribution in [0.2, 0.25) is 0 Å². The minimum absolute atomic E-state index is 0.142. The molecule has 0 saturated heterocycles. The first kappa shape index (κ1) is 14.9. The zero-order valence-corrected chi connectivity index (χ0v) is 10.7. The van der Waals surface area contributed by atoms with E-state index in [0.29, 0.717) is 13.1 Å². The number of aliphatic hydroxyl groups excluding tert-OH is 1. The number of hydrogen-bond donors (Lipinski definition) is 2. The number of sulfone groups is 1. The Morgan fingerprint density at radius 2 is 1.93 bits per heavy atom. The smallest absolute Gasteiger partial charge is 0.153 e. The summed E-state index contributed by atoms with van der Waals surface area (Å²) in [4.78, 5) is 0. The fraction of sp³-hybridized carbons (Fsp3) is 1.00. The summed E-state index contributed by atoms with van der Waals surface area (Å²) in [7, 11) is -2.95. The van der Waals surface area contributed by atoms with Crippen molar-refractivity contribution >= 4 is 9.84 Å². The zero-order valence-electron chi connectivity index (χ0n) is 9.86.